The molecule has 1 atom stereocenters. The fraction of sp³-hybridized carbons (Fsp3) is 0. The molecule has 3 N–H and O–H groups in total. The largest absolute Gasteiger partial charge is 0.397 e. The first-order chi connectivity index (χ1) is 5.52. The molecule has 0 heterocycles. The zero-order chi connectivity index (χ0) is 9.30. The topological polar surface area (TPSA) is 63.3 Å². The van der Waals surface area contributed by atoms with Gasteiger partial charge in [0, 0.05) is 8.95 Å². The van der Waals surface area contributed by atoms with Gasteiger partial charge in [0.1, 0.15) is 0 Å². The summed E-state index contributed by atoms with van der Waals surface area (Å²) in [6.07, 6.45) is 0. The van der Waals surface area contributed by atoms with E-state index in [1.54, 1.807) is 6.07 Å². The predicted octanol–water partition coefficient (Wildman–Crippen LogP) is 2.37. The number of rotatable bonds is 1. The molecule has 0 aliphatic rings. The zero-order valence-corrected chi connectivity index (χ0v) is 9.74. The van der Waals surface area contributed by atoms with Crippen LogP contribution in [0, 0.1) is 0 Å². The van der Waals surface area contributed by atoms with Crippen molar-refractivity contribution >= 4 is 48.6 Å². The smallest absolute Gasteiger partial charge is 0.188 e. The maximum Gasteiger partial charge on any atom is 0.188 e. The first-order valence-corrected chi connectivity index (χ1v) is 5.57. The average molecular weight is 315 g/mol. The maximum absolute atomic E-state index is 10.7. The Morgan fingerprint density at radius 2 is 2.00 bits per heavy atom. The van der Waals surface area contributed by atoms with E-state index in [4.69, 9.17) is 10.3 Å². The maximum atomic E-state index is 10.7. The predicted molar refractivity (Wildman–Crippen MR) is 55.3 cm³/mol. The lowest BCUT2D eigenvalue weighted by Crippen LogP contribution is -1.97. The van der Waals surface area contributed by atoms with E-state index in [1.165, 1.54) is 6.07 Å². The normalized spacial score (nSPS) is 12.9. The summed E-state index contributed by atoms with van der Waals surface area (Å²) in [5.41, 5.74) is 5.82. The minimum Gasteiger partial charge on any atom is -0.397 e. The Morgan fingerprint density at radius 1 is 1.42 bits per heavy atom. The van der Waals surface area contributed by atoms with Crippen molar-refractivity contribution in [3.8, 4) is 0 Å². The van der Waals surface area contributed by atoms with Crippen LogP contribution in [0.3, 0.4) is 0 Å². The minimum atomic E-state index is -2.05. The average Bonchev–Trinajstić information content (AvgIpc) is 1.96. The van der Waals surface area contributed by atoms with Crippen molar-refractivity contribution in [2.45, 2.75) is 4.90 Å². The Balaban J connectivity index is 3.37. The lowest BCUT2D eigenvalue weighted by Gasteiger charge is -2.03. The Labute approximate surface area is 88.9 Å². The molecule has 0 fully saturated rings. The summed E-state index contributed by atoms with van der Waals surface area (Å²) in [5.74, 6) is 0. The molecule has 12 heavy (non-hydrogen) atoms. The molecular weight excluding hydrogens is 310 g/mol. The molecule has 0 spiro atoms. The lowest BCUT2D eigenvalue weighted by molar-refractivity contribution is 0.564. The second kappa shape index (κ2) is 3.87. The number of nitrogens with two attached hydrogens (primary N) is 1. The third-order valence-corrected chi connectivity index (χ3v) is 3.07. The third kappa shape index (κ3) is 2.07. The van der Waals surface area contributed by atoms with E-state index < -0.39 is 11.1 Å². The van der Waals surface area contributed by atoms with Crippen LogP contribution < -0.4 is 5.73 Å². The van der Waals surface area contributed by atoms with Crippen molar-refractivity contribution in [2.24, 2.45) is 0 Å². The van der Waals surface area contributed by atoms with E-state index in [9.17, 15) is 4.21 Å². The number of benzene rings is 1. The quantitative estimate of drug-likeness (QED) is 0.618. The first kappa shape index (κ1) is 10.2. The van der Waals surface area contributed by atoms with Crippen molar-refractivity contribution < 1.29 is 8.76 Å². The minimum absolute atomic E-state index is 0.205. The molecule has 0 aromatic heterocycles. The summed E-state index contributed by atoms with van der Waals surface area (Å²) in [6, 6.07) is 3.22. The monoisotopic (exact) mass is 313 g/mol. The Morgan fingerprint density at radius 3 is 2.50 bits per heavy atom. The fourth-order valence-electron chi connectivity index (χ4n) is 0.706. The Kier molecular flexibility index (Phi) is 3.28. The summed E-state index contributed by atoms with van der Waals surface area (Å²) >= 11 is 4.30. The van der Waals surface area contributed by atoms with Crippen LogP contribution in [0.5, 0.6) is 0 Å². The molecule has 66 valence electrons. The number of hydrogen-bond donors (Lipinski definition) is 2. The Hall–Kier alpha value is 0.0900. The highest BCUT2D eigenvalue weighted by Crippen LogP contribution is 2.29. The summed E-state index contributed by atoms with van der Waals surface area (Å²) in [7, 11) is 0. The molecule has 6 heteroatoms. The highest BCUT2D eigenvalue weighted by atomic mass is 79.9. The highest BCUT2D eigenvalue weighted by Gasteiger charge is 2.09. The molecule has 1 aromatic rings. The van der Waals surface area contributed by atoms with Gasteiger partial charge in [-0.3, -0.25) is 0 Å². The molecule has 0 aliphatic carbocycles. The van der Waals surface area contributed by atoms with Crippen molar-refractivity contribution in [1.82, 2.24) is 0 Å². The SMILES string of the molecule is Nc1c(Br)cc(Br)cc1S(=O)O. The third-order valence-electron chi connectivity index (χ3n) is 1.24. The van der Waals surface area contributed by atoms with Gasteiger partial charge in [-0.2, -0.15) is 0 Å². The van der Waals surface area contributed by atoms with Crippen molar-refractivity contribution in [3.63, 3.8) is 0 Å². The van der Waals surface area contributed by atoms with Crippen LogP contribution in [-0.2, 0) is 11.1 Å². The van der Waals surface area contributed by atoms with Crippen molar-refractivity contribution in [2.75, 3.05) is 5.73 Å². The Bertz CT molecular complexity index is 343. The second-order valence-corrected chi connectivity index (χ2v) is 4.76. The molecule has 3 nitrogen and oxygen atoms in total. The van der Waals surface area contributed by atoms with E-state index in [-0.39, 0.29) is 4.90 Å². The van der Waals surface area contributed by atoms with Gasteiger partial charge < -0.3 is 10.3 Å². The van der Waals surface area contributed by atoms with Gasteiger partial charge in [0.05, 0.1) is 10.6 Å². The van der Waals surface area contributed by atoms with Crippen LogP contribution in [0.25, 0.3) is 0 Å². The van der Waals surface area contributed by atoms with Crippen LogP contribution >= 0.6 is 31.9 Å². The molecule has 0 radical (unpaired) electrons. The van der Waals surface area contributed by atoms with E-state index in [2.05, 4.69) is 31.9 Å². The van der Waals surface area contributed by atoms with Gasteiger partial charge in [-0.05, 0) is 28.1 Å². The second-order valence-electron chi connectivity index (χ2n) is 2.05. The van der Waals surface area contributed by atoms with Gasteiger partial charge in [-0.25, -0.2) is 4.21 Å². The van der Waals surface area contributed by atoms with Crippen LogP contribution in [0.4, 0.5) is 5.69 Å². The molecule has 1 rings (SSSR count). The van der Waals surface area contributed by atoms with Crippen LogP contribution in [0.1, 0.15) is 0 Å². The molecule has 0 aliphatic heterocycles. The first-order valence-electron chi connectivity index (χ1n) is 2.87. The molecule has 0 amide bonds. The number of nitrogen functional groups attached to an aromatic ring is 1. The molecule has 0 bridgehead atoms. The van der Waals surface area contributed by atoms with Gasteiger partial charge in [0.2, 0.25) is 0 Å². The van der Waals surface area contributed by atoms with Gasteiger partial charge in [0.15, 0.2) is 11.1 Å². The summed E-state index contributed by atoms with van der Waals surface area (Å²) < 4.78 is 20.8. The van der Waals surface area contributed by atoms with Crippen LogP contribution in [-0.4, -0.2) is 8.76 Å². The molecule has 1 aromatic carbocycles. The summed E-state index contributed by atoms with van der Waals surface area (Å²) in [5, 5.41) is 0. The highest BCUT2D eigenvalue weighted by molar-refractivity contribution is 9.11. The number of hydrogen-bond acceptors (Lipinski definition) is 2. The van der Waals surface area contributed by atoms with E-state index in [0.717, 1.165) is 0 Å². The van der Waals surface area contributed by atoms with Crippen LogP contribution in [0.2, 0.25) is 0 Å². The number of anilines is 1. The summed E-state index contributed by atoms with van der Waals surface area (Å²) in [4.78, 5) is 0.205. The molecule has 0 saturated carbocycles. The fourth-order valence-corrected chi connectivity index (χ4v) is 2.74. The van der Waals surface area contributed by atoms with E-state index >= 15 is 0 Å². The van der Waals surface area contributed by atoms with Crippen LogP contribution in [0.15, 0.2) is 26.0 Å². The van der Waals surface area contributed by atoms with E-state index in [1.807, 2.05) is 0 Å². The van der Waals surface area contributed by atoms with Gasteiger partial charge >= 0.3 is 0 Å². The van der Waals surface area contributed by atoms with Crippen molar-refractivity contribution in [1.29, 1.82) is 0 Å². The molecular formula is C6H5Br2NO2S. The van der Waals surface area contributed by atoms with Gasteiger partial charge in [-0.15, -0.1) is 0 Å². The number of halogens is 2. The van der Waals surface area contributed by atoms with E-state index in [0.29, 0.717) is 14.6 Å². The van der Waals surface area contributed by atoms with Gasteiger partial charge in [0.25, 0.3) is 0 Å². The van der Waals surface area contributed by atoms with Gasteiger partial charge in [-0.1, -0.05) is 15.9 Å². The molecule has 0 saturated heterocycles. The summed E-state index contributed by atoms with van der Waals surface area (Å²) in [6.45, 7) is 0. The zero-order valence-electron chi connectivity index (χ0n) is 5.75. The lowest BCUT2D eigenvalue weighted by atomic mass is 10.3. The standard InChI is InChI=1S/C6H5Br2NO2S/c7-3-1-4(8)6(9)5(2-3)12(10)11/h1-2H,9H2,(H,10,11). The van der Waals surface area contributed by atoms with Crippen molar-refractivity contribution in [3.05, 3.63) is 21.1 Å². The molecule has 1 unspecified atom stereocenters.